The fourth-order valence-corrected chi connectivity index (χ4v) is 13.3. The second-order valence-electron chi connectivity index (χ2n) is 8.89. The molecular formula is C15H36O5Si4. The van der Waals surface area contributed by atoms with Crippen LogP contribution >= 0.6 is 0 Å². The maximum atomic E-state index is 12.5. The van der Waals surface area contributed by atoms with Gasteiger partial charge in [0.1, 0.15) is 0 Å². The fourth-order valence-electron chi connectivity index (χ4n) is 1.84. The molecule has 0 atom stereocenters. The smallest absolute Gasteiger partial charge is 0.450 e. The maximum Gasteiger partial charge on any atom is 0.719 e. The van der Waals surface area contributed by atoms with Crippen molar-refractivity contribution in [2.45, 2.75) is 78.7 Å². The number of carbonyl (C=O) groups excluding carboxylic acids is 1. The molecule has 0 aliphatic rings. The summed E-state index contributed by atoms with van der Waals surface area (Å²) in [6.45, 7) is 24.2. The SMILES string of the molecule is C=C(CCC)C(=O)O[Si](O[Si](C)(C)C)(O[Si](C)(C)C)O[Si](C)(C)C. The van der Waals surface area contributed by atoms with Crippen molar-refractivity contribution in [3.63, 3.8) is 0 Å². The highest BCUT2D eigenvalue weighted by atomic mass is 28.5. The van der Waals surface area contributed by atoms with Crippen LogP contribution in [0, 0.1) is 0 Å². The molecule has 5 nitrogen and oxygen atoms in total. The molecule has 0 aliphatic heterocycles. The van der Waals surface area contributed by atoms with Crippen molar-refractivity contribution in [1.29, 1.82) is 0 Å². The van der Waals surface area contributed by atoms with Crippen LogP contribution in [-0.4, -0.2) is 40.0 Å². The van der Waals surface area contributed by atoms with Gasteiger partial charge in [0.25, 0.3) is 0 Å². The van der Waals surface area contributed by atoms with Gasteiger partial charge in [-0.15, -0.1) is 0 Å². The number of carbonyl (C=O) groups is 1. The largest absolute Gasteiger partial charge is 0.719 e. The van der Waals surface area contributed by atoms with Crippen LogP contribution in [-0.2, 0) is 21.6 Å². The molecule has 0 aromatic rings. The van der Waals surface area contributed by atoms with Gasteiger partial charge in [-0.25, -0.2) is 4.79 Å². The van der Waals surface area contributed by atoms with Gasteiger partial charge in [-0.05, 0) is 65.3 Å². The maximum absolute atomic E-state index is 12.5. The lowest BCUT2D eigenvalue weighted by atomic mass is 10.2. The molecule has 0 rings (SSSR count). The standard InChI is InChI=1S/C15H36O5Si4/c1-12-13-14(2)15(16)17-24(18-21(3,4)5,19-22(6,7)8)20-23(9,10)11/h2,12-13H2,1,3-11H3. The Morgan fingerprint density at radius 1 is 0.792 bits per heavy atom. The first kappa shape index (κ1) is 24.0. The molecule has 0 aliphatic carbocycles. The average molecular weight is 409 g/mol. The Bertz CT molecular complexity index is 405. The molecule has 0 saturated heterocycles. The Labute approximate surface area is 152 Å². The summed E-state index contributed by atoms with van der Waals surface area (Å²) in [5.41, 5.74) is 0.437. The van der Waals surface area contributed by atoms with Crippen molar-refractivity contribution >= 4 is 40.0 Å². The second kappa shape index (κ2) is 8.56. The van der Waals surface area contributed by atoms with Crippen LogP contribution in [0.15, 0.2) is 12.2 Å². The second-order valence-corrected chi connectivity index (χ2v) is 25.2. The Kier molecular flexibility index (Phi) is 8.55. The molecule has 0 amide bonds. The van der Waals surface area contributed by atoms with Crippen molar-refractivity contribution in [2.24, 2.45) is 0 Å². The fraction of sp³-hybridized carbons (Fsp3) is 0.800. The molecule has 0 bridgehead atoms. The Morgan fingerprint density at radius 2 is 1.12 bits per heavy atom. The first-order chi connectivity index (χ1) is 10.5. The predicted molar refractivity (Wildman–Crippen MR) is 109 cm³/mol. The van der Waals surface area contributed by atoms with E-state index in [1.165, 1.54) is 0 Å². The van der Waals surface area contributed by atoms with Crippen molar-refractivity contribution < 1.29 is 21.6 Å². The lowest BCUT2D eigenvalue weighted by Gasteiger charge is -2.40. The normalized spacial score (nSPS) is 13.8. The van der Waals surface area contributed by atoms with Crippen LogP contribution in [0.5, 0.6) is 0 Å². The first-order valence-corrected chi connectivity index (χ1v) is 20.4. The van der Waals surface area contributed by atoms with Gasteiger partial charge in [0.15, 0.2) is 25.0 Å². The van der Waals surface area contributed by atoms with Gasteiger partial charge in [-0.3, -0.25) is 0 Å². The van der Waals surface area contributed by atoms with Crippen LogP contribution in [0.3, 0.4) is 0 Å². The lowest BCUT2D eigenvalue weighted by Crippen LogP contribution is -2.63. The summed E-state index contributed by atoms with van der Waals surface area (Å²) in [5, 5.41) is 0. The van der Waals surface area contributed by atoms with Gasteiger partial charge in [0.2, 0.25) is 0 Å². The summed E-state index contributed by atoms with van der Waals surface area (Å²) in [6.07, 6.45) is 1.43. The number of hydrogen-bond donors (Lipinski definition) is 0. The molecule has 9 heteroatoms. The third kappa shape index (κ3) is 10.7. The van der Waals surface area contributed by atoms with Crippen LogP contribution in [0.25, 0.3) is 0 Å². The van der Waals surface area contributed by atoms with E-state index in [4.69, 9.17) is 16.8 Å². The highest BCUT2D eigenvalue weighted by Crippen LogP contribution is 2.27. The summed E-state index contributed by atoms with van der Waals surface area (Å²) in [7, 11) is -9.77. The van der Waals surface area contributed by atoms with Gasteiger partial charge < -0.3 is 16.8 Å². The van der Waals surface area contributed by atoms with E-state index in [-0.39, 0.29) is 0 Å². The molecule has 0 heterocycles. The Hall–Kier alpha value is -0.0425. The third-order valence-electron chi connectivity index (χ3n) is 2.35. The van der Waals surface area contributed by atoms with Crippen molar-refractivity contribution in [2.75, 3.05) is 0 Å². The average Bonchev–Trinajstić information content (AvgIpc) is 2.20. The van der Waals surface area contributed by atoms with Gasteiger partial charge in [0, 0.05) is 5.57 Å². The minimum Gasteiger partial charge on any atom is -0.450 e. The van der Waals surface area contributed by atoms with E-state index >= 15 is 0 Å². The molecule has 24 heavy (non-hydrogen) atoms. The Balaban J connectivity index is 5.78. The van der Waals surface area contributed by atoms with Crippen LogP contribution in [0.2, 0.25) is 58.9 Å². The zero-order chi connectivity index (χ0) is 19.4. The summed E-state index contributed by atoms with van der Waals surface area (Å²) in [4.78, 5) is 12.5. The van der Waals surface area contributed by atoms with Crippen LogP contribution in [0.4, 0.5) is 0 Å². The van der Waals surface area contributed by atoms with E-state index in [1.807, 2.05) is 65.8 Å². The molecule has 0 aromatic heterocycles. The summed E-state index contributed by atoms with van der Waals surface area (Å²) in [5.74, 6) is -0.460. The van der Waals surface area contributed by atoms with E-state index < -0.39 is 40.0 Å². The van der Waals surface area contributed by atoms with Crippen LogP contribution in [0.1, 0.15) is 19.8 Å². The van der Waals surface area contributed by atoms with E-state index in [0.29, 0.717) is 12.0 Å². The summed E-state index contributed by atoms with van der Waals surface area (Å²) >= 11 is 0. The zero-order valence-corrected chi connectivity index (χ0v) is 21.2. The molecule has 0 unspecified atom stereocenters. The Morgan fingerprint density at radius 3 is 1.38 bits per heavy atom. The van der Waals surface area contributed by atoms with Gasteiger partial charge in [-0.2, -0.15) is 0 Å². The predicted octanol–water partition coefficient (Wildman–Crippen LogP) is 4.88. The zero-order valence-electron chi connectivity index (χ0n) is 17.2. The van der Waals surface area contributed by atoms with Gasteiger partial charge in [0.05, 0.1) is 0 Å². The van der Waals surface area contributed by atoms with Crippen LogP contribution < -0.4 is 0 Å². The van der Waals surface area contributed by atoms with Crippen molar-refractivity contribution in [3.05, 3.63) is 12.2 Å². The highest BCUT2D eigenvalue weighted by molar-refractivity contribution is 6.88. The van der Waals surface area contributed by atoms with E-state index in [0.717, 1.165) is 6.42 Å². The third-order valence-corrected chi connectivity index (χ3v) is 13.1. The van der Waals surface area contributed by atoms with E-state index in [1.54, 1.807) is 0 Å². The minimum atomic E-state index is -3.58. The summed E-state index contributed by atoms with van der Waals surface area (Å²) < 4.78 is 24.7. The van der Waals surface area contributed by atoms with E-state index in [9.17, 15) is 4.79 Å². The minimum absolute atomic E-state index is 0.437. The number of hydrogen-bond acceptors (Lipinski definition) is 5. The molecule has 0 N–H and O–H groups in total. The molecular weight excluding hydrogens is 373 g/mol. The topological polar surface area (TPSA) is 54.0 Å². The molecule has 0 fully saturated rings. The first-order valence-electron chi connectivity index (χ1n) is 8.50. The quantitative estimate of drug-likeness (QED) is 0.381. The lowest BCUT2D eigenvalue weighted by molar-refractivity contribution is -0.135. The van der Waals surface area contributed by atoms with Crippen molar-refractivity contribution in [3.8, 4) is 0 Å². The highest BCUT2D eigenvalue weighted by Gasteiger charge is 2.57. The summed E-state index contributed by atoms with van der Waals surface area (Å²) in [6, 6.07) is 0. The number of rotatable bonds is 10. The van der Waals surface area contributed by atoms with Gasteiger partial charge >= 0.3 is 15.0 Å². The molecule has 0 spiro atoms. The van der Waals surface area contributed by atoms with Gasteiger partial charge in [-0.1, -0.05) is 19.9 Å². The molecule has 0 radical (unpaired) electrons. The molecule has 0 saturated carbocycles. The molecule has 0 aromatic carbocycles. The molecule has 142 valence electrons. The van der Waals surface area contributed by atoms with Crippen molar-refractivity contribution in [1.82, 2.24) is 0 Å². The van der Waals surface area contributed by atoms with E-state index in [2.05, 4.69) is 6.58 Å². The monoisotopic (exact) mass is 408 g/mol.